The van der Waals surface area contributed by atoms with E-state index in [-0.39, 0.29) is 11.4 Å². The smallest absolute Gasteiger partial charge is 0.410 e. The summed E-state index contributed by atoms with van der Waals surface area (Å²) >= 11 is 0. The quantitative estimate of drug-likeness (QED) is 0.810. The molecule has 0 radical (unpaired) electrons. The topological polar surface area (TPSA) is 58.8 Å². The van der Waals surface area contributed by atoms with Crippen molar-refractivity contribution >= 4 is 17.5 Å². The highest BCUT2D eigenvalue weighted by atomic mass is 19.2. The Morgan fingerprint density at radius 3 is 2.32 bits per heavy atom. The molecule has 1 amide bonds. The number of piperazine rings is 1. The van der Waals surface area contributed by atoms with Crippen molar-refractivity contribution in [2.24, 2.45) is 0 Å². The predicted octanol–water partition coefficient (Wildman–Crippen LogP) is 2.60. The van der Waals surface area contributed by atoms with Crippen LogP contribution >= 0.6 is 0 Å². The van der Waals surface area contributed by atoms with Crippen LogP contribution in [0.3, 0.4) is 0 Å². The van der Waals surface area contributed by atoms with Crippen molar-refractivity contribution < 1.29 is 18.3 Å². The van der Waals surface area contributed by atoms with E-state index in [9.17, 15) is 13.6 Å². The molecule has 5 nitrogen and oxygen atoms in total. The molecular formula is C15H21F2N3O2. The van der Waals surface area contributed by atoms with E-state index in [0.29, 0.717) is 26.2 Å². The first-order chi connectivity index (χ1) is 10.2. The molecule has 0 bridgehead atoms. The van der Waals surface area contributed by atoms with Crippen molar-refractivity contribution in [1.82, 2.24) is 4.90 Å². The van der Waals surface area contributed by atoms with Gasteiger partial charge in [0.05, 0.1) is 11.4 Å². The molecular weight excluding hydrogens is 292 g/mol. The zero-order chi connectivity index (χ0) is 16.5. The van der Waals surface area contributed by atoms with Gasteiger partial charge in [0, 0.05) is 26.2 Å². The van der Waals surface area contributed by atoms with Crippen LogP contribution in [0.1, 0.15) is 20.8 Å². The van der Waals surface area contributed by atoms with Crippen molar-refractivity contribution in [2.75, 3.05) is 36.8 Å². The molecule has 0 aliphatic carbocycles. The fraction of sp³-hybridized carbons (Fsp3) is 0.533. The summed E-state index contributed by atoms with van der Waals surface area (Å²) in [4.78, 5) is 15.2. The van der Waals surface area contributed by atoms with Gasteiger partial charge in [0.2, 0.25) is 0 Å². The average Bonchev–Trinajstić information content (AvgIpc) is 2.42. The molecule has 7 heteroatoms. The standard InChI is InChI=1S/C15H21F2N3O2/c1-15(2,3)22-14(21)20-8-6-19(7-9-20)13-11(18)5-4-10(16)12(13)17/h4-5H,6-9,18H2,1-3H3. The lowest BCUT2D eigenvalue weighted by atomic mass is 10.2. The molecule has 2 N–H and O–H groups in total. The molecule has 0 saturated carbocycles. The average molecular weight is 313 g/mol. The van der Waals surface area contributed by atoms with Gasteiger partial charge in [-0.15, -0.1) is 0 Å². The molecule has 1 aromatic rings. The molecule has 122 valence electrons. The second-order valence-corrected chi connectivity index (χ2v) is 6.25. The number of nitrogen functional groups attached to an aromatic ring is 1. The number of carbonyl (C=O) groups is 1. The third-order valence-electron chi connectivity index (χ3n) is 3.35. The van der Waals surface area contributed by atoms with E-state index in [0.717, 1.165) is 6.07 Å². The van der Waals surface area contributed by atoms with Gasteiger partial charge in [0.15, 0.2) is 11.6 Å². The lowest BCUT2D eigenvalue weighted by molar-refractivity contribution is 0.0240. The van der Waals surface area contributed by atoms with Crippen molar-refractivity contribution in [3.63, 3.8) is 0 Å². The monoisotopic (exact) mass is 313 g/mol. The van der Waals surface area contributed by atoms with Gasteiger partial charge in [-0.1, -0.05) is 0 Å². The van der Waals surface area contributed by atoms with E-state index in [4.69, 9.17) is 10.5 Å². The number of rotatable bonds is 1. The third kappa shape index (κ3) is 3.58. The van der Waals surface area contributed by atoms with E-state index in [1.807, 2.05) is 0 Å². The molecule has 22 heavy (non-hydrogen) atoms. The summed E-state index contributed by atoms with van der Waals surface area (Å²) in [6.45, 7) is 6.85. The molecule has 1 heterocycles. The molecule has 1 fully saturated rings. The van der Waals surface area contributed by atoms with Gasteiger partial charge >= 0.3 is 6.09 Å². The van der Waals surface area contributed by atoms with Crippen molar-refractivity contribution in [2.45, 2.75) is 26.4 Å². The number of halogens is 2. The van der Waals surface area contributed by atoms with E-state index in [1.165, 1.54) is 6.07 Å². The number of carbonyl (C=O) groups excluding carboxylic acids is 1. The molecule has 0 atom stereocenters. The molecule has 1 saturated heterocycles. The summed E-state index contributed by atoms with van der Waals surface area (Å²) in [7, 11) is 0. The molecule has 1 aliphatic heterocycles. The second-order valence-electron chi connectivity index (χ2n) is 6.25. The van der Waals surface area contributed by atoms with Crippen LogP contribution in [-0.2, 0) is 4.74 Å². The van der Waals surface area contributed by atoms with Crippen molar-refractivity contribution in [3.05, 3.63) is 23.8 Å². The number of benzene rings is 1. The number of nitrogens with two attached hydrogens (primary N) is 1. The van der Waals surface area contributed by atoms with Crippen LogP contribution in [0.5, 0.6) is 0 Å². The Bertz CT molecular complexity index is 565. The first-order valence-corrected chi connectivity index (χ1v) is 7.15. The Kier molecular flexibility index (Phi) is 4.44. The number of anilines is 2. The van der Waals surface area contributed by atoms with Crippen LogP contribution in [0.4, 0.5) is 25.0 Å². The van der Waals surface area contributed by atoms with Crippen molar-refractivity contribution in [3.8, 4) is 0 Å². The largest absolute Gasteiger partial charge is 0.444 e. The Morgan fingerprint density at radius 1 is 1.18 bits per heavy atom. The Balaban J connectivity index is 2.04. The van der Waals surface area contributed by atoms with Crippen LogP contribution in [0.15, 0.2) is 12.1 Å². The van der Waals surface area contributed by atoms with Crippen LogP contribution < -0.4 is 10.6 Å². The number of hydrogen-bond acceptors (Lipinski definition) is 4. The van der Waals surface area contributed by atoms with Gasteiger partial charge in [-0.05, 0) is 32.9 Å². The highest BCUT2D eigenvalue weighted by Crippen LogP contribution is 2.29. The Labute approximate surface area is 128 Å². The van der Waals surface area contributed by atoms with Gasteiger partial charge in [0.25, 0.3) is 0 Å². The Hall–Kier alpha value is -2.05. The van der Waals surface area contributed by atoms with Crippen LogP contribution in [0.25, 0.3) is 0 Å². The summed E-state index contributed by atoms with van der Waals surface area (Å²) in [6, 6.07) is 2.35. The Morgan fingerprint density at radius 2 is 1.77 bits per heavy atom. The summed E-state index contributed by atoms with van der Waals surface area (Å²) < 4.78 is 32.6. The van der Waals surface area contributed by atoms with Gasteiger partial charge < -0.3 is 20.3 Å². The minimum Gasteiger partial charge on any atom is -0.444 e. The fourth-order valence-electron chi connectivity index (χ4n) is 2.32. The number of amides is 1. The molecule has 1 aromatic carbocycles. The van der Waals surface area contributed by atoms with Crippen molar-refractivity contribution in [1.29, 1.82) is 0 Å². The highest BCUT2D eigenvalue weighted by molar-refractivity contribution is 5.71. The SMILES string of the molecule is CC(C)(C)OC(=O)N1CCN(c2c(N)ccc(F)c2F)CC1. The molecule has 2 rings (SSSR count). The second kappa shape index (κ2) is 5.98. The molecule has 0 spiro atoms. The predicted molar refractivity (Wildman–Crippen MR) is 80.8 cm³/mol. The summed E-state index contributed by atoms with van der Waals surface area (Å²) in [6.07, 6.45) is -0.403. The van der Waals surface area contributed by atoms with Gasteiger partial charge in [-0.25, -0.2) is 13.6 Å². The molecule has 1 aliphatic rings. The minimum absolute atomic E-state index is 0.0591. The number of hydrogen-bond donors (Lipinski definition) is 1. The van der Waals surface area contributed by atoms with Crippen LogP contribution in [0, 0.1) is 11.6 Å². The number of ether oxygens (including phenoxy) is 1. The summed E-state index contributed by atoms with van der Waals surface area (Å²) in [5.74, 6) is -1.88. The maximum atomic E-state index is 13.9. The summed E-state index contributed by atoms with van der Waals surface area (Å²) in [5, 5.41) is 0. The normalized spacial score (nSPS) is 15.9. The lowest BCUT2D eigenvalue weighted by Gasteiger charge is -2.37. The van der Waals surface area contributed by atoms with E-state index in [1.54, 1.807) is 30.6 Å². The lowest BCUT2D eigenvalue weighted by Crippen LogP contribution is -2.50. The maximum absolute atomic E-state index is 13.9. The molecule has 0 aromatic heterocycles. The zero-order valence-electron chi connectivity index (χ0n) is 13.0. The van der Waals surface area contributed by atoms with E-state index < -0.39 is 23.3 Å². The van der Waals surface area contributed by atoms with Gasteiger partial charge in [-0.2, -0.15) is 0 Å². The van der Waals surface area contributed by atoms with E-state index in [2.05, 4.69) is 0 Å². The fourth-order valence-corrected chi connectivity index (χ4v) is 2.32. The molecule has 0 unspecified atom stereocenters. The summed E-state index contributed by atoms with van der Waals surface area (Å²) in [5.41, 5.74) is 5.43. The first-order valence-electron chi connectivity index (χ1n) is 7.15. The highest BCUT2D eigenvalue weighted by Gasteiger charge is 2.28. The minimum atomic E-state index is -0.953. The first kappa shape index (κ1) is 16.3. The van der Waals surface area contributed by atoms with Crippen LogP contribution in [0.2, 0.25) is 0 Å². The maximum Gasteiger partial charge on any atom is 0.410 e. The zero-order valence-corrected chi connectivity index (χ0v) is 13.0. The van der Waals surface area contributed by atoms with E-state index >= 15 is 0 Å². The number of nitrogens with zero attached hydrogens (tertiary/aromatic N) is 2. The van der Waals surface area contributed by atoms with Gasteiger partial charge in [-0.3, -0.25) is 0 Å². The third-order valence-corrected chi connectivity index (χ3v) is 3.35. The van der Waals surface area contributed by atoms with Gasteiger partial charge in [0.1, 0.15) is 5.60 Å². The van der Waals surface area contributed by atoms with Crippen LogP contribution in [-0.4, -0.2) is 42.8 Å².